The molecule has 1 saturated carbocycles. The largest absolute Gasteiger partial charge is 0.337 e. The molecule has 1 aromatic rings. The average Bonchev–Trinajstić information content (AvgIpc) is 3.22. The maximum atomic E-state index is 12.1. The molecule has 0 aromatic heterocycles. The Labute approximate surface area is 119 Å². The first kappa shape index (κ1) is 14.4. The third-order valence-electron chi connectivity index (χ3n) is 3.46. The van der Waals surface area contributed by atoms with Crippen LogP contribution in [0.2, 0.25) is 5.02 Å². The summed E-state index contributed by atoms with van der Waals surface area (Å²) in [5.74, 6) is 0.939. The van der Waals surface area contributed by atoms with Gasteiger partial charge in [-0.25, -0.2) is 0 Å². The molecule has 1 aliphatic rings. The van der Waals surface area contributed by atoms with Crippen LogP contribution in [-0.2, 0) is 11.3 Å². The number of carbonyl (C=O) groups is 1. The first-order chi connectivity index (χ1) is 9.20. The van der Waals surface area contributed by atoms with Gasteiger partial charge in [0.15, 0.2) is 0 Å². The Morgan fingerprint density at radius 3 is 2.79 bits per heavy atom. The van der Waals surface area contributed by atoms with Crippen LogP contribution in [0.25, 0.3) is 0 Å². The summed E-state index contributed by atoms with van der Waals surface area (Å²) in [5.41, 5.74) is 1.00. The monoisotopic (exact) mass is 280 g/mol. The summed E-state index contributed by atoms with van der Waals surface area (Å²) in [7, 11) is 0. The van der Waals surface area contributed by atoms with Crippen LogP contribution >= 0.6 is 11.6 Å². The van der Waals surface area contributed by atoms with E-state index in [0.717, 1.165) is 23.0 Å². The van der Waals surface area contributed by atoms with Gasteiger partial charge in [0, 0.05) is 18.1 Å². The molecule has 0 heterocycles. The lowest BCUT2D eigenvalue weighted by Crippen LogP contribution is -2.38. The molecule has 0 spiro atoms. The lowest BCUT2D eigenvalue weighted by Gasteiger charge is -2.21. The summed E-state index contributed by atoms with van der Waals surface area (Å²) in [5, 5.41) is 3.96. The van der Waals surface area contributed by atoms with E-state index in [9.17, 15) is 4.79 Å². The maximum Gasteiger partial charge on any atom is 0.236 e. The molecule has 1 aromatic carbocycles. The highest BCUT2D eigenvalue weighted by atomic mass is 35.5. The molecule has 0 atom stereocenters. The molecule has 1 N–H and O–H groups in total. The third kappa shape index (κ3) is 4.51. The van der Waals surface area contributed by atoms with E-state index in [2.05, 4.69) is 5.32 Å². The highest BCUT2D eigenvalue weighted by molar-refractivity contribution is 6.31. The molecule has 4 heteroatoms. The predicted octanol–water partition coefficient (Wildman–Crippen LogP) is 2.69. The zero-order valence-corrected chi connectivity index (χ0v) is 12.1. The Balaban J connectivity index is 1.84. The molecule has 3 nitrogen and oxygen atoms in total. The number of amides is 1. The van der Waals surface area contributed by atoms with Crippen molar-refractivity contribution in [1.29, 1.82) is 0 Å². The van der Waals surface area contributed by atoms with Crippen LogP contribution in [-0.4, -0.2) is 30.4 Å². The third-order valence-corrected chi connectivity index (χ3v) is 3.83. The second-order valence-electron chi connectivity index (χ2n) is 5.07. The SMILES string of the molecule is CCN(Cc1ccccc1Cl)C(=O)CNCC1CC1. The van der Waals surface area contributed by atoms with Gasteiger partial charge < -0.3 is 10.2 Å². The van der Waals surface area contributed by atoms with Crippen molar-refractivity contribution in [2.75, 3.05) is 19.6 Å². The smallest absolute Gasteiger partial charge is 0.236 e. The fraction of sp³-hybridized carbons (Fsp3) is 0.533. The Morgan fingerprint density at radius 2 is 2.16 bits per heavy atom. The minimum atomic E-state index is 0.142. The van der Waals surface area contributed by atoms with Crippen LogP contribution in [0.1, 0.15) is 25.3 Å². The Kier molecular flexibility index (Phi) is 5.23. The van der Waals surface area contributed by atoms with E-state index < -0.39 is 0 Å². The van der Waals surface area contributed by atoms with E-state index in [1.807, 2.05) is 36.1 Å². The summed E-state index contributed by atoms with van der Waals surface area (Å²) < 4.78 is 0. The van der Waals surface area contributed by atoms with Crippen LogP contribution in [0.5, 0.6) is 0 Å². The normalized spacial score (nSPS) is 14.4. The van der Waals surface area contributed by atoms with Gasteiger partial charge in [0.1, 0.15) is 0 Å². The zero-order valence-electron chi connectivity index (χ0n) is 11.4. The first-order valence-corrected chi connectivity index (χ1v) is 7.30. The number of hydrogen-bond donors (Lipinski definition) is 1. The number of nitrogens with zero attached hydrogens (tertiary/aromatic N) is 1. The molecular formula is C15H21ClN2O. The molecular weight excluding hydrogens is 260 g/mol. The Hall–Kier alpha value is -1.06. The summed E-state index contributed by atoms with van der Waals surface area (Å²) in [6.07, 6.45) is 2.61. The highest BCUT2D eigenvalue weighted by Crippen LogP contribution is 2.27. The zero-order chi connectivity index (χ0) is 13.7. The second kappa shape index (κ2) is 6.92. The molecule has 19 heavy (non-hydrogen) atoms. The molecule has 2 rings (SSSR count). The van der Waals surface area contributed by atoms with Crippen molar-refractivity contribution in [3.63, 3.8) is 0 Å². The van der Waals surface area contributed by atoms with Crippen LogP contribution < -0.4 is 5.32 Å². The molecule has 0 bridgehead atoms. The number of rotatable bonds is 7. The lowest BCUT2D eigenvalue weighted by molar-refractivity contribution is -0.130. The van der Waals surface area contributed by atoms with Crippen molar-refractivity contribution < 1.29 is 4.79 Å². The number of hydrogen-bond acceptors (Lipinski definition) is 2. The number of halogens is 1. The predicted molar refractivity (Wildman–Crippen MR) is 78.1 cm³/mol. The minimum absolute atomic E-state index is 0.142. The van der Waals surface area contributed by atoms with Crippen LogP contribution in [0.4, 0.5) is 0 Å². The topological polar surface area (TPSA) is 32.3 Å². The standard InChI is InChI=1S/C15H21ClN2O/c1-2-18(11-13-5-3-4-6-14(13)16)15(19)10-17-9-12-7-8-12/h3-6,12,17H,2,7-11H2,1H3. The fourth-order valence-corrected chi connectivity index (χ4v) is 2.22. The van der Waals surface area contributed by atoms with Gasteiger partial charge in [-0.05, 0) is 43.9 Å². The van der Waals surface area contributed by atoms with Gasteiger partial charge in [-0.2, -0.15) is 0 Å². The molecule has 0 saturated heterocycles. The van der Waals surface area contributed by atoms with E-state index in [-0.39, 0.29) is 5.91 Å². The molecule has 1 amide bonds. The van der Waals surface area contributed by atoms with E-state index in [1.54, 1.807) is 0 Å². The average molecular weight is 281 g/mol. The minimum Gasteiger partial charge on any atom is -0.337 e. The number of carbonyl (C=O) groups excluding carboxylic acids is 1. The molecule has 1 aliphatic carbocycles. The molecule has 0 aliphatic heterocycles. The fourth-order valence-electron chi connectivity index (χ4n) is 2.03. The van der Waals surface area contributed by atoms with Crippen molar-refractivity contribution >= 4 is 17.5 Å². The van der Waals surface area contributed by atoms with Crippen molar-refractivity contribution in [2.24, 2.45) is 5.92 Å². The van der Waals surface area contributed by atoms with Gasteiger partial charge in [0.2, 0.25) is 5.91 Å². The molecule has 104 valence electrons. The van der Waals surface area contributed by atoms with Gasteiger partial charge in [0.05, 0.1) is 6.54 Å². The van der Waals surface area contributed by atoms with E-state index in [0.29, 0.717) is 19.6 Å². The second-order valence-corrected chi connectivity index (χ2v) is 5.48. The first-order valence-electron chi connectivity index (χ1n) is 6.92. The van der Waals surface area contributed by atoms with Gasteiger partial charge in [-0.1, -0.05) is 29.8 Å². The summed E-state index contributed by atoms with van der Waals surface area (Å²) in [6.45, 7) is 4.68. The number of benzene rings is 1. The molecule has 0 unspecified atom stereocenters. The van der Waals surface area contributed by atoms with Gasteiger partial charge in [-0.3, -0.25) is 4.79 Å². The van der Waals surface area contributed by atoms with Crippen LogP contribution in [0.3, 0.4) is 0 Å². The summed E-state index contributed by atoms with van der Waals surface area (Å²) in [6, 6.07) is 7.68. The van der Waals surface area contributed by atoms with E-state index in [4.69, 9.17) is 11.6 Å². The van der Waals surface area contributed by atoms with E-state index >= 15 is 0 Å². The Bertz CT molecular complexity index is 432. The van der Waals surface area contributed by atoms with E-state index in [1.165, 1.54) is 12.8 Å². The van der Waals surface area contributed by atoms with Crippen LogP contribution in [0.15, 0.2) is 24.3 Å². The van der Waals surface area contributed by atoms with Gasteiger partial charge in [0.25, 0.3) is 0 Å². The van der Waals surface area contributed by atoms with Crippen LogP contribution in [0, 0.1) is 5.92 Å². The molecule has 1 fully saturated rings. The quantitative estimate of drug-likeness (QED) is 0.833. The number of likely N-dealkylation sites (N-methyl/N-ethyl adjacent to an activating group) is 1. The Morgan fingerprint density at radius 1 is 1.42 bits per heavy atom. The van der Waals surface area contributed by atoms with Crippen molar-refractivity contribution in [3.05, 3.63) is 34.9 Å². The summed E-state index contributed by atoms with van der Waals surface area (Å²) in [4.78, 5) is 13.9. The maximum absolute atomic E-state index is 12.1. The van der Waals surface area contributed by atoms with Gasteiger partial charge >= 0.3 is 0 Å². The summed E-state index contributed by atoms with van der Waals surface area (Å²) >= 11 is 6.13. The van der Waals surface area contributed by atoms with Crippen molar-refractivity contribution in [2.45, 2.75) is 26.3 Å². The van der Waals surface area contributed by atoms with Gasteiger partial charge in [-0.15, -0.1) is 0 Å². The van der Waals surface area contributed by atoms with Crippen molar-refractivity contribution in [3.8, 4) is 0 Å². The lowest BCUT2D eigenvalue weighted by atomic mass is 10.2. The van der Waals surface area contributed by atoms with Crippen molar-refractivity contribution in [1.82, 2.24) is 10.2 Å². The number of nitrogens with one attached hydrogen (secondary N) is 1. The highest BCUT2D eigenvalue weighted by Gasteiger charge is 2.21. The molecule has 0 radical (unpaired) electrons.